The number of fused-ring (bicyclic) bond motifs is 3. The number of para-hydroxylation sites is 1. The molecule has 1 saturated heterocycles. The van der Waals surface area contributed by atoms with Crippen molar-refractivity contribution in [3.8, 4) is 0 Å². The van der Waals surface area contributed by atoms with Crippen molar-refractivity contribution in [2.24, 2.45) is 5.41 Å². The van der Waals surface area contributed by atoms with Gasteiger partial charge in [-0.25, -0.2) is 0 Å². The average molecular weight is 365 g/mol. The number of hydrogen-bond acceptors (Lipinski definition) is 4. The van der Waals surface area contributed by atoms with Gasteiger partial charge in [-0.3, -0.25) is 14.5 Å². The molecule has 1 amide bonds. The molecule has 4 heterocycles. The van der Waals surface area contributed by atoms with E-state index in [1.807, 2.05) is 31.1 Å². The van der Waals surface area contributed by atoms with Crippen molar-refractivity contribution >= 4 is 28.5 Å². The zero-order chi connectivity index (χ0) is 18.9. The number of rotatable bonds is 1. The quantitative estimate of drug-likeness (QED) is 0.728. The van der Waals surface area contributed by atoms with Gasteiger partial charge in [0.25, 0.3) is 0 Å². The largest absolute Gasteiger partial charge is 0.465 e. The molecule has 1 fully saturated rings. The fourth-order valence-electron chi connectivity index (χ4n) is 5.22. The first-order valence-electron chi connectivity index (χ1n) is 9.42. The number of ether oxygens (including phenoxy) is 1. The molecule has 0 aliphatic carbocycles. The van der Waals surface area contributed by atoms with E-state index >= 15 is 0 Å². The van der Waals surface area contributed by atoms with Gasteiger partial charge in [-0.05, 0) is 38.2 Å². The second-order valence-corrected chi connectivity index (χ2v) is 7.93. The number of esters is 1. The van der Waals surface area contributed by atoms with Crippen LogP contribution in [0, 0.1) is 5.41 Å². The highest BCUT2D eigenvalue weighted by atomic mass is 16.5. The molecule has 0 radical (unpaired) electrons. The number of carbonyl (C=O) groups excluding carboxylic acids is 2. The SMILES string of the molecule is CC(=O)N1CCc2c3n(c4ccccc24)[C@@H](N(C)C)[C@]2(C=C31)CCOC2=O. The van der Waals surface area contributed by atoms with Gasteiger partial charge in [0.05, 0.1) is 23.5 Å². The molecule has 2 atom stereocenters. The first kappa shape index (κ1) is 16.6. The Morgan fingerprint density at radius 2 is 2.07 bits per heavy atom. The molecule has 0 unspecified atom stereocenters. The zero-order valence-corrected chi connectivity index (χ0v) is 15.9. The molecule has 140 valence electrons. The predicted molar refractivity (Wildman–Crippen MR) is 102 cm³/mol. The third-order valence-corrected chi connectivity index (χ3v) is 6.23. The first-order chi connectivity index (χ1) is 13.0. The molecule has 27 heavy (non-hydrogen) atoms. The first-order valence-corrected chi connectivity index (χ1v) is 9.42. The van der Waals surface area contributed by atoms with E-state index in [2.05, 4.69) is 27.7 Å². The average Bonchev–Trinajstić information content (AvgIpc) is 3.15. The Kier molecular flexibility index (Phi) is 3.35. The summed E-state index contributed by atoms with van der Waals surface area (Å²) in [6.45, 7) is 2.64. The minimum atomic E-state index is -0.782. The van der Waals surface area contributed by atoms with Crippen molar-refractivity contribution in [1.29, 1.82) is 0 Å². The molecule has 1 aromatic heterocycles. The highest BCUT2D eigenvalue weighted by molar-refractivity contribution is 5.98. The summed E-state index contributed by atoms with van der Waals surface area (Å²) in [7, 11) is 4.01. The van der Waals surface area contributed by atoms with E-state index in [1.54, 1.807) is 6.92 Å². The molecule has 3 aliphatic heterocycles. The molecule has 2 aromatic rings. The Balaban J connectivity index is 1.91. The van der Waals surface area contributed by atoms with Crippen LogP contribution in [0.3, 0.4) is 0 Å². The van der Waals surface area contributed by atoms with Gasteiger partial charge in [-0.1, -0.05) is 18.2 Å². The fourth-order valence-corrected chi connectivity index (χ4v) is 5.22. The van der Waals surface area contributed by atoms with Crippen LogP contribution in [-0.4, -0.2) is 53.5 Å². The van der Waals surface area contributed by atoms with Crippen LogP contribution in [0.1, 0.15) is 30.8 Å². The van der Waals surface area contributed by atoms with E-state index in [1.165, 1.54) is 10.9 Å². The molecule has 0 N–H and O–H groups in total. The van der Waals surface area contributed by atoms with Gasteiger partial charge in [0.15, 0.2) is 0 Å². The van der Waals surface area contributed by atoms with Crippen molar-refractivity contribution in [3.63, 3.8) is 0 Å². The maximum absolute atomic E-state index is 13.0. The maximum atomic E-state index is 13.0. The third kappa shape index (κ3) is 1.99. The van der Waals surface area contributed by atoms with Gasteiger partial charge in [-0.15, -0.1) is 0 Å². The van der Waals surface area contributed by atoms with E-state index in [4.69, 9.17) is 4.74 Å². The van der Waals surface area contributed by atoms with Gasteiger partial charge in [0.1, 0.15) is 11.6 Å². The van der Waals surface area contributed by atoms with Crippen LogP contribution in [0.15, 0.2) is 30.3 Å². The lowest BCUT2D eigenvalue weighted by Crippen LogP contribution is -2.48. The lowest BCUT2D eigenvalue weighted by Gasteiger charge is -2.45. The van der Waals surface area contributed by atoms with Gasteiger partial charge in [0.2, 0.25) is 5.91 Å². The predicted octanol–water partition coefficient (Wildman–Crippen LogP) is 2.39. The van der Waals surface area contributed by atoms with Crippen LogP contribution in [0.4, 0.5) is 0 Å². The molecule has 5 rings (SSSR count). The molecule has 1 spiro atoms. The Hall–Kier alpha value is -2.60. The Labute approximate surface area is 158 Å². The van der Waals surface area contributed by atoms with Crippen LogP contribution in [0.25, 0.3) is 16.6 Å². The summed E-state index contributed by atoms with van der Waals surface area (Å²) in [6.07, 6.45) is 3.27. The lowest BCUT2D eigenvalue weighted by molar-refractivity contribution is -0.148. The summed E-state index contributed by atoms with van der Waals surface area (Å²) in [5.41, 5.74) is 3.52. The van der Waals surface area contributed by atoms with E-state index in [0.717, 1.165) is 23.3 Å². The number of amides is 1. The second kappa shape index (κ2) is 5.45. The van der Waals surface area contributed by atoms with Crippen LogP contribution >= 0.6 is 0 Å². The molecule has 6 heteroatoms. The Bertz CT molecular complexity index is 1020. The van der Waals surface area contributed by atoms with Crippen molar-refractivity contribution in [2.45, 2.75) is 25.9 Å². The molecular weight excluding hydrogens is 342 g/mol. The molecule has 0 bridgehead atoms. The molecule has 1 aromatic carbocycles. The minimum Gasteiger partial charge on any atom is -0.465 e. The van der Waals surface area contributed by atoms with Crippen molar-refractivity contribution in [3.05, 3.63) is 41.6 Å². The summed E-state index contributed by atoms with van der Waals surface area (Å²) in [6, 6.07) is 8.34. The highest BCUT2D eigenvalue weighted by Crippen LogP contribution is 2.53. The van der Waals surface area contributed by atoms with E-state index in [9.17, 15) is 9.59 Å². The zero-order valence-electron chi connectivity index (χ0n) is 15.9. The van der Waals surface area contributed by atoms with E-state index in [0.29, 0.717) is 19.6 Å². The van der Waals surface area contributed by atoms with Crippen molar-refractivity contribution < 1.29 is 14.3 Å². The Morgan fingerprint density at radius 3 is 2.74 bits per heavy atom. The van der Waals surface area contributed by atoms with Gasteiger partial charge < -0.3 is 14.2 Å². The third-order valence-electron chi connectivity index (χ3n) is 6.23. The summed E-state index contributed by atoms with van der Waals surface area (Å²) >= 11 is 0. The van der Waals surface area contributed by atoms with Crippen LogP contribution in [-0.2, 0) is 20.7 Å². The van der Waals surface area contributed by atoms with E-state index in [-0.39, 0.29) is 18.0 Å². The maximum Gasteiger partial charge on any atom is 0.319 e. The number of nitrogens with zero attached hydrogens (tertiary/aromatic N) is 3. The van der Waals surface area contributed by atoms with Crippen molar-refractivity contribution in [2.75, 3.05) is 27.2 Å². The van der Waals surface area contributed by atoms with Crippen molar-refractivity contribution in [1.82, 2.24) is 14.4 Å². The standard InChI is InChI=1S/C21H23N3O3/c1-13(25)23-10-8-15-14-6-4-5-7-16(14)24-18(15)17(23)12-21(19(24)22(2)3)9-11-27-20(21)26/h4-7,12,19H,8-11H2,1-3H3/t19-,21-/m1/s1. The number of hydrogen-bond donors (Lipinski definition) is 0. The van der Waals surface area contributed by atoms with Crippen LogP contribution in [0.2, 0.25) is 0 Å². The number of cyclic esters (lactones) is 1. The molecular formula is C21H23N3O3. The monoisotopic (exact) mass is 365 g/mol. The van der Waals surface area contributed by atoms with Crippen LogP contribution in [0.5, 0.6) is 0 Å². The van der Waals surface area contributed by atoms with Gasteiger partial charge in [0, 0.05) is 25.3 Å². The Morgan fingerprint density at radius 1 is 1.30 bits per heavy atom. The van der Waals surface area contributed by atoms with Gasteiger partial charge >= 0.3 is 5.97 Å². The number of aromatic nitrogens is 1. The second-order valence-electron chi connectivity index (χ2n) is 7.93. The van der Waals surface area contributed by atoms with E-state index < -0.39 is 5.41 Å². The molecule has 6 nitrogen and oxygen atoms in total. The lowest BCUT2D eigenvalue weighted by atomic mass is 9.77. The fraction of sp³-hybridized carbons (Fsp3) is 0.429. The smallest absolute Gasteiger partial charge is 0.319 e. The number of carbonyl (C=O) groups is 2. The van der Waals surface area contributed by atoms with Crippen LogP contribution < -0.4 is 0 Å². The minimum absolute atomic E-state index is 0.00789. The van der Waals surface area contributed by atoms with Gasteiger partial charge in [-0.2, -0.15) is 0 Å². The number of benzene rings is 1. The molecule has 0 saturated carbocycles. The summed E-state index contributed by atoms with van der Waals surface area (Å²) in [4.78, 5) is 29.3. The summed E-state index contributed by atoms with van der Waals surface area (Å²) in [5, 5.41) is 1.21. The normalized spacial score (nSPS) is 26.5. The molecule has 3 aliphatic rings. The summed E-state index contributed by atoms with van der Waals surface area (Å²) < 4.78 is 7.71. The topological polar surface area (TPSA) is 54.8 Å². The summed E-state index contributed by atoms with van der Waals surface area (Å²) in [5.74, 6) is -0.193. The highest BCUT2D eigenvalue weighted by Gasteiger charge is 2.55.